The molecule has 15 heavy (non-hydrogen) atoms. The van der Waals surface area contributed by atoms with E-state index < -0.39 is 8.32 Å². The van der Waals surface area contributed by atoms with Gasteiger partial charge in [0, 0.05) is 6.10 Å². The van der Waals surface area contributed by atoms with Crippen LogP contribution in [0.1, 0.15) is 40.0 Å². The Morgan fingerprint density at radius 2 is 1.80 bits per heavy atom. The summed E-state index contributed by atoms with van der Waals surface area (Å²) in [6.45, 7) is 11.2. The highest BCUT2D eigenvalue weighted by atomic mass is 32.1. The van der Waals surface area contributed by atoms with Gasteiger partial charge in [-0.1, -0.05) is 26.2 Å². The van der Waals surface area contributed by atoms with Gasteiger partial charge in [-0.05, 0) is 45.2 Å². The molecule has 4 heteroatoms. The third-order valence-corrected chi connectivity index (χ3v) is 4.60. The summed E-state index contributed by atoms with van der Waals surface area (Å²) in [5.74, 6) is 0. The van der Waals surface area contributed by atoms with Crippen LogP contribution in [0.4, 0.5) is 0 Å². The summed E-state index contributed by atoms with van der Waals surface area (Å²) < 4.78 is 5.92. The van der Waals surface area contributed by atoms with E-state index in [1.165, 1.54) is 25.3 Å². The minimum atomic E-state index is -1.30. The number of aliphatic hydroxyl groups excluding tert-OH is 1. The van der Waals surface area contributed by atoms with Gasteiger partial charge in [0.15, 0.2) is 8.32 Å². The van der Waals surface area contributed by atoms with Crippen molar-refractivity contribution >= 4 is 26.1 Å². The number of aliphatic hydroxyl groups is 1. The maximum Gasteiger partial charge on any atom is 0.187 e. The Hall–Kier alpha value is 0.0669. The van der Waals surface area contributed by atoms with Gasteiger partial charge in [0.1, 0.15) is 5.55 Å². The van der Waals surface area contributed by atoms with Crippen LogP contribution in [0.3, 0.4) is 0 Å². The normalized spacial score (nSPS) is 10.8. The molecule has 0 bridgehead atoms. The third-order valence-electron chi connectivity index (χ3n) is 1.94. The molecule has 1 N–H and O–H groups in total. The molecule has 0 aliphatic rings. The van der Waals surface area contributed by atoms with Gasteiger partial charge in [-0.15, -0.1) is 0 Å². The first kappa shape index (κ1) is 17.5. The molecular formula is C11H26O2SSi. The van der Waals surface area contributed by atoms with Crippen LogP contribution < -0.4 is 0 Å². The smallest absolute Gasteiger partial charge is 0.187 e. The first-order valence-electron chi connectivity index (χ1n) is 5.65. The summed E-state index contributed by atoms with van der Waals surface area (Å²) in [7, 11) is -1.30. The van der Waals surface area contributed by atoms with E-state index in [2.05, 4.69) is 46.1 Å². The molecule has 0 radical (unpaired) electrons. The van der Waals surface area contributed by atoms with Gasteiger partial charge in [-0.3, -0.25) is 0 Å². The fourth-order valence-corrected chi connectivity index (χ4v) is 3.99. The van der Waals surface area contributed by atoms with Crippen molar-refractivity contribution in [3.8, 4) is 0 Å². The predicted molar refractivity (Wildman–Crippen MR) is 74.3 cm³/mol. The number of rotatable bonds is 6. The van der Waals surface area contributed by atoms with Crippen molar-refractivity contribution in [2.24, 2.45) is 0 Å². The molecule has 0 aromatic carbocycles. The maximum absolute atomic E-state index is 7.26. The molecule has 0 aromatic heterocycles. The van der Waals surface area contributed by atoms with E-state index in [0.717, 1.165) is 0 Å². The Kier molecular flexibility index (Phi) is 12.3. The van der Waals surface area contributed by atoms with Crippen LogP contribution in [-0.4, -0.2) is 25.1 Å². The monoisotopic (exact) mass is 250 g/mol. The van der Waals surface area contributed by atoms with E-state index in [-0.39, 0.29) is 0 Å². The van der Waals surface area contributed by atoms with Crippen molar-refractivity contribution in [1.29, 1.82) is 0 Å². The zero-order valence-electron chi connectivity index (χ0n) is 10.7. The van der Waals surface area contributed by atoms with Gasteiger partial charge in [0.05, 0.1) is 0 Å². The van der Waals surface area contributed by atoms with Gasteiger partial charge < -0.3 is 9.53 Å². The summed E-state index contributed by atoms with van der Waals surface area (Å²) in [4.78, 5) is 0. The highest BCUT2D eigenvalue weighted by molar-refractivity contribution is 7.78. The van der Waals surface area contributed by atoms with Crippen molar-refractivity contribution in [2.45, 2.75) is 65.3 Å². The molecule has 92 valence electrons. The third kappa shape index (κ3) is 16.7. The molecule has 0 saturated heterocycles. The first-order chi connectivity index (χ1) is 6.89. The number of thiocarbonyl (C=S) groups is 1. The van der Waals surface area contributed by atoms with E-state index in [9.17, 15) is 0 Å². The Morgan fingerprint density at radius 3 is 2.13 bits per heavy atom. The van der Waals surface area contributed by atoms with E-state index in [1.807, 2.05) is 0 Å². The maximum atomic E-state index is 7.26. The van der Waals surface area contributed by atoms with Gasteiger partial charge in [-0.25, -0.2) is 0 Å². The van der Waals surface area contributed by atoms with Crippen molar-refractivity contribution in [2.75, 3.05) is 0 Å². The Morgan fingerprint density at radius 1 is 1.33 bits per heavy atom. The minimum Gasteiger partial charge on any atom is -0.504 e. The van der Waals surface area contributed by atoms with Crippen LogP contribution in [0.25, 0.3) is 0 Å². The van der Waals surface area contributed by atoms with Gasteiger partial charge in [0.2, 0.25) is 0 Å². The molecule has 0 spiro atoms. The summed E-state index contributed by atoms with van der Waals surface area (Å²) in [6, 6.07) is 1.32. The zero-order chi connectivity index (χ0) is 12.3. The largest absolute Gasteiger partial charge is 0.504 e. The second kappa shape index (κ2) is 10.6. The molecule has 0 aliphatic heterocycles. The van der Waals surface area contributed by atoms with Gasteiger partial charge >= 0.3 is 0 Å². The molecule has 0 atom stereocenters. The lowest BCUT2D eigenvalue weighted by Crippen LogP contribution is -2.33. The van der Waals surface area contributed by atoms with Crippen LogP contribution in [0, 0.1) is 0 Å². The molecule has 0 unspecified atom stereocenters. The predicted octanol–water partition coefficient (Wildman–Crippen LogP) is 4.31. The molecule has 0 aromatic rings. The lowest BCUT2D eigenvalue weighted by molar-refractivity contribution is 0.230. The molecule has 0 rings (SSSR count). The average molecular weight is 250 g/mol. The second-order valence-electron chi connectivity index (χ2n) is 4.49. The van der Waals surface area contributed by atoms with Crippen LogP contribution in [0.15, 0.2) is 0 Å². The van der Waals surface area contributed by atoms with Crippen molar-refractivity contribution < 1.29 is 9.53 Å². The van der Waals surface area contributed by atoms with Crippen LogP contribution in [0.2, 0.25) is 19.1 Å². The highest BCUT2D eigenvalue weighted by Crippen LogP contribution is 2.17. The van der Waals surface area contributed by atoms with E-state index in [4.69, 9.17) is 9.53 Å². The van der Waals surface area contributed by atoms with Crippen molar-refractivity contribution in [1.82, 2.24) is 0 Å². The summed E-state index contributed by atoms with van der Waals surface area (Å²) in [5, 5.41) is 7.26. The first-order valence-corrected chi connectivity index (χ1v) is 9.24. The number of unbranched alkanes of at least 4 members (excludes halogenated alkanes) is 2. The Balaban J connectivity index is 0. The van der Waals surface area contributed by atoms with Crippen LogP contribution in [0.5, 0.6) is 0 Å². The Bertz CT molecular complexity index is 150. The standard InChI is InChI=1S/C10H24OSi.CH2OS/c1-6-7-8-9-12(4,5)11-10(2)3;2-1-3/h10H,6-9H2,1-5H3;1H,(H,2,3). The highest BCUT2D eigenvalue weighted by Gasteiger charge is 2.22. The fraction of sp³-hybridized carbons (Fsp3) is 0.909. The summed E-state index contributed by atoms with van der Waals surface area (Å²) in [6.07, 6.45) is 4.43. The SMILES string of the molecule is CCCCC[Si](C)(C)OC(C)C.OC=S. The number of hydrogen-bond acceptors (Lipinski definition) is 2. The molecule has 0 saturated carbocycles. The van der Waals surface area contributed by atoms with Gasteiger partial charge in [0.25, 0.3) is 0 Å². The number of hydrogen-bond donors (Lipinski definition) is 1. The van der Waals surface area contributed by atoms with Crippen molar-refractivity contribution in [3.05, 3.63) is 0 Å². The fourth-order valence-electron chi connectivity index (χ4n) is 1.50. The van der Waals surface area contributed by atoms with E-state index >= 15 is 0 Å². The minimum absolute atomic E-state index is 0.410. The molecular weight excluding hydrogens is 224 g/mol. The summed E-state index contributed by atoms with van der Waals surface area (Å²) in [5.41, 5.74) is 0.583. The van der Waals surface area contributed by atoms with Gasteiger partial charge in [-0.2, -0.15) is 0 Å². The van der Waals surface area contributed by atoms with Crippen molar-refractivity contribution in [3.63, 3.8) is 0 Å². The molecule has 0 amide bonds. The topological polar surface area (TPSA) is 29.5 Å². The van der Waals surface area contributed by atoms with E-state index in [0.29, 0.717) is 11.7 Å². The van der Waals surface area contributed by atoms with E-state index in [1.54, 1.807) is 0 Å². The van der Waals surface area contributed by atoms with Crippen LogP contribution in [-0.2, 0) is 4.43 Å². The average Bonchev–Trinajstić information content (AvgIpc) is 2.03. The molecule has 2 nitrogen and oxygen atoms in total. The molecule has 0 heterocycles. The van der Waals surface area contributed by atoms with Crippen LogP contribution >= 0.6 is 12.2 Å². The summed E-state index contributed by atoms with van der Waals surface area (Å²) >= 11 is 3.82. The Labute approximate surface area is 101 Å². The molecule has 0 fully saturated rings. The lowest BCUT2D eigenvalue weighted by atomic mass is 10.3. The zero-order valence-corrected chi connectivity index (χ0v) is 12.6. The quantitative estimate of drug-likeness (QED) is 0.433. The second-order valence-corrected chi connectivity index (χ2v) is 8.95. The lowest BCUT2D eigenvalue weighted by Gasteiger charge is -2.25. The molecule has 0 aliphatic carbocycles.